The lowest BCUT2D eigenvalue weighted by molar-refractivity contribution is -0.117. The molecule has 1 unspecified atom stereocenters. The van der Waals surface area contributed by atoms with Crippen molar-refractivity contribution in [1.29, 1.82) is 0 Å². The highest BCUT2D eigenvalue weighted by Gasteiger charge is 2.51. The normalized spacial score (nSPS) is 34.3. The van der Waals surface area contributed by atoms with Gasteiger partial charge < -0.3 is 9.31 Å². The van der Waals surface area contributed by atoms with Crippen LogP contribution in [0.2, 0.25) is 6.32 Å². The minimum atomic E-state index is -0.246. The van der Waals surface area contributed by atoms with E-state index in [9.17, 15) is 4.79 Å². The molecule has 0 radical (unpaired) electrons. The smallest absolute Gasteiger partial charge is 0.403 e. The lowest BCUT2D eigenvalue weighted by atomic mass is 9.73. The SMILES string of the molecule is CC1(CCB2OC(C)(C)C(C)(C)O2)CCC(=O)C1. The van der Waals surface area contributed by atoms with Gasteiger partial charge in [0.15, 0.2) is 0 Å². The summed E-state index contributed by atoms with van der Waals surface area (Å²) in [5.74, 6) is 0.409. The van der Waals surface area contributed by atoms with Crippen molar-refractivity contribution >= 4 is 12.9 Å². The third-order valence-electron chi connectivity index (χ3n) is 4.92. The Bertz CT molecular complexity index is 335. The van der Waals surface area contributed by atoms with Gasteiger partial charge in [0, 0.05) is 12.8 Å². The van der Waals surface area contributed by atoms with Crippen LogP contribution in [0.4, 0.5) is 0 Å². The minimum Gasteiger partial charge on any atom is -0.403 e. The van der Waals surface area contributed by atoms with Gasteiger partial charge in [0.2, 0.25) is 0 Å². The Hall–Kier alpha value is -0.345. The zero-order valence-corrected chi connectivity index (χ0v) is 12.3. The summed E-state index contributed by atoms with van der Waals surface area (Å²) in [4.78, 5) is 11.4. The Kier molecular flexibility index (Phi) is 3.40. The fraction of sp³-hybridized carbons (Fsp3) is 0.929. The fourth-order valence-corrected chi connectivity index (χ4v) is 2.86. The van der Waals surface area contributed by atoms with Crippen molar-refractivity contribution in [2.45, 2.75) is 77.8 Å². The number of carbonyl (C=O) groups excluding carboxylic acids is 1. The van der Waals surface area contributed by atoms with Crippen LogP contribution in [0.25, 0.3) is 0 Å². The van der Waals surface area contributed by atoms with Gasteiger partial charge in [0.1, 0.15) is 5.78 Å². The standard InChI is InChI=1S/C14H25BO3/c1-12(2)13(3,4)18-15(17-12)9-8-14(5)7-6-11(16)10-14/h6-10H2,1-5H3. The van der Waals surface area contributed by atoms with E-state index in [1.165, 1.54) is 0 Å². The van der Waals surface area contributed by atoms with E-state index >= 15 is 0 Å². The molecule has 0 spiro atoms. The molecule has 1 heterocycles. The van der Waals surface area contributed by atoms with Gasteiger partial charge in [-0.3, -0.25) is 4.79 Å². The van der Waals surface area contributed by atoms with E-state index in [0.717, 1.165) is 32.0 Å². The maximum absolute atomic E-state index is 11.4. The molecule has 0 N–H and O–H groups in total. The monoisotopic (exact) mass is 252 g/mol. The summed E-state index contributed by atoms with van der Waals surface area (Å²) in [6, 6.07) is 0. The summed E-state index contributed by atoms with van der Waals surface area (Å²) in [5, 5.41) is 0. The van der Waals surface area contributed by atoms with Gasteiger partial charge in [-0.1, -0.05) is 6.92 Å². The number of carbonyl (C=O) groups is 1. The fourth-order valence-electron chi connectivity index (χ4n) is 2.86. The van der Waals surface area contributed by atoms with Gasteiger partial charge in [-0.25, -0.2) is 0 Å². The lowest BCUT2D eigenvalue weighted by Gasteiger charge is -2.32. The van der Waals surface area contributed by atoms with Gasteiger partial charge >= 0.3 is 7.12 Å². The van der Waals surface area contributed by atoms with E-state index < -0.39 is 0 Å². The molecule has 1 atom stereocenters. The predicted molar refractivity (Wildman–Crippen MR) is 72.5 cm³/mol. The molecule has 1 saturated heterocycles. The first kappa shape index (κ1) is 14.1. The third kappa shape index (κ3) is 2.64. The molecule has 4 heteroatoms. The van der Waals surface area contributed by atoms with E-state index in [0.29, 0.717) is 5.78 Å². The second-order valence-electron chi connectivity index (χ2n) is 7.25. The molecular weight excluding hydrogens is 227 g/mol. The van der Waals surface area contributed by atoms with Crippen LogP contribution in [-0.4, -0.2) is 24.1 Å². The largest absolute Gasteiger partial charge is 0.457 e. The van der Waals surface area contributed by atoms with Crippen molar-refractivity contribution in [2.75, 3.05) is 0 Å². The molecule has 1 aliphatic carbocycles. The molecule has 0 amide bonds. The van der Waals surface area contributed by atoms with Crippen molar-refractivity contribution < 1.29 is 14.1 Å². The van der Waals surface area contributed by atoms with Crippen molar-refractivity contribution in [1.82, 2.24) is 0 Å². The summed E-state index contributed by atoms with van der Waals surface area (Å²) in [6.07, 6.45) is 4.39. The van der Waals surface area contributed by atoms with Crippen LogP contribution in [0.1, 0.15) is 60.3 Å². The summed E-state index contributed by atoms with van der Waals surface area (Å²) >= 11 is 0. The van der Waals surface area contributed by atoms with Crippen LogP contribution in [0.5, 0.6) is 0 Å². The number of hydrogen-bond donors (Lipinski definition) is 0. The van der Waals surface area contributed by atoms with E-state index in [1.807, 2.05) is 0 Å². The van der Waals surface area contributed by atoms with Crippen LogP contribution >= 0.6 is 0 Å². The second-order valence-corrected chi connectivity index (χ2v) is 7.25. The lowest BCUT2D eigenvalue weighted by Crippen LogP contribution is -2.41. The molecular formula is C14H25BO3. The average molecular weight is 252 g/mol. The number of hydrogen-bond acceptors (Lipinski definition) is 3. The highest BCUT2D eigenvalue weighted by molar-refractivity contribution is 6.45. The molecule has 102 valence electrons. The Morgan fingerprint density at radius 3 is 2.11 bits per heavy atom. The number of ketones is 1. The molecule has 0 bridgehead atoms. The van der Waals surface area contributed by atoms with Crippen molar-refractivity contribution in [3.8, 4) is 0 Å². The van der Waals surface area contributed by atoms with Crippen molar-refractivity contribution in [2.24, 2.45) is 5.41 Å². The first-order chi connectivity index (χ1) is 8.14. The van der Waals surface area contributed by atoms with Crippen LogP contribution in [0.15, 0.2) is 0 Å². The summed E-state index contributed by atoms with van der Waals surface area (Å²) in [6.45, 7) is 10.5. The van der Waals surface area contributed by atoms with Gasteiger partial charge in [0.05, 0.1) is 11.2 Å². The quantitative estimate of drug-likeness (QED) is 0.723. The molecule has 1 saturated carbocycles. The van der Waals surface area contributed by atoms with Crippen LogP contribution < -0.4 is 0 Å². The molecule has 0 aromatic rings. The van der Waals surface area contributed by atoms with Crippen LogP contribution in [0.3, 0.4) is 0 Å². The first-order valence-corrected chi connectivity index (χ1v) is 7.01. The maximum Gasteiger partial charge on any atom is 0.457 e. The minimum absolute atomic E-state index is 0.123. The van der Waals surface area contributed by atoms with Crippen molar-refractivity contribution in [3.05, 3.63) is 0 Å². The maximum atomic E-state index is 11.4. The molecule has 2 fully saturated rings. The van der Waals surface area contributed by atoms with Crippen LogP contribution in [0, 0.1) is 5.41 Å². The number of Topliss-reactive ketones (excluding diaryl/α,β-unsaturated/α-hetero) is 1. The zero-order valence-electron chi connectivity index (χ0n) is 12.3. The predicted octanol–water partition coefficient (Wildman–Crippen LogP) is 3.23. The molecule has 1 aliphatic heterocycles. The second kappa shape index (κ2) is 4.34. The van der Waals surface area contributed by atoms with E-state index in [4.69, 9.17) is 9.31 Å². The number of rotatable bonds is 3. The molecule has 0 aromatic carbocycles. The highest BCUT2D eigenvalue weighted by atomic mass is 16.7. The summed E-state index contributed by atoms with van der Waals surface area (Å²) in [7, 11) is -0.123. The molecule has 2 aliphatic rings. The molecule has 3 nitrogen and oxygen atoms in total. The summed E-state index contributed by atoms with van der Waals surface area (Å²) < 4.78 is 12.0. The van der Waals surface area contributed by atoms with Crippen LogP contribution in [-0.2, 0) is 14.1 Å². The van der Waals surface area contributed by atoms with Gasteiger partial charge in [0.25, 0.3) is 0 Å². The topological polar surface area (TPSA) is 35.5 Å². The first-order valence-electron chi connectivity index (χ1n) is 7.01. The third-order valence-corrected chi connectivity index (χ3v) is 4.92. The van der Waals surface area contributed by atoms with E-state index in [1.54, 1.807) is 0 Å². The average Bonchev–Trinajstić information content (AvgIpc) is 2.64. The van der Waals surface area contributed by atoms with Gasteiger partial charge in [-0.15, -0.1) is 0 Å². The summed E-state index contributed by atoms with van der Waals surface area (Å²) in [5.41, 5.74) is -0.325. The molecule has 2 rings (SSSR count). The molecule has 18 heavy (non-hydrogen) atoms. The Morgan fingerprint density at radius 1 is 1.11 bits per heavy atom. The Morgan fingerprint density at radius 2 is 1.67 bits per heavy atom. The van der Waals surface area contributed by atoms with Crippen molar-refractivity contribution in [3.63, 3.8) is 0 Å². The van der Waals surface area contributed by atoms with E-state index in [-0.39, 0.29) is 23.7 Å². The Labute approximate surface area is 111 Å². The molecule has 0 aromatic heterocycles. The zero-order chi connectivity index (χ0) is 13.6. The van der Waals surface area contributed by atoms with E-state index in [2.05, 4.69) is 34.6 Å². The van der Waals surface area contributed by atoms with Gasteiger partial charge in [-0.05, 0) is 52.3 Å². The highest BCUT2D eigenvalue weighted by Crippen LogP contribution is 2.43. The Balaban J connectivity index is 1.88. The van der Waals surface area contributed by atoms with Gasteiger partial charge in [-0.2, -0.15) is 0 Å².